The van der Waals surface area contributed by atoms with Gasteiger partial charge in [-0.2, -0.15) is 8.78 Å². The maximum atomic E-state index is 15.0. The van der Waals surface area contributed by atoms with Crippen molar-refractivity contribution in [1.82, 2.24) is 19.9 Å². The number of nitrogens with zero attached hydrogens (tertiary/aromatic N) is 5. The first-order valence-electron chi connectivity index (χ1n) is 10.8. The number of alkyl halides is 2. The SMILES string of the molecule is OC(c1ccc(F)c(-c2ncnc3cc(N4CCOCC4)ccc23)c1)c1nccnc1OC(F)F. The summed E-state index contributed by atoms with van der Waals surface area (Å²) in [4.78, 5) is 18.5. The highest BCUT2D eigenvalue weighted by Gasteiger charge is 2.23. The lowest BCUT2D eigenvalue weighted by Gasteiger charge is -2.29. The lowest BCUT2D eigenvalue weighted by Crippen LogP contribution is -2.36. The lowest BCUT2D eigenvalue weighted by molar-refractivity contribution is -0.0548. The fourth-order valence-corrected chi connectivity index (χ4v) is 4.03. The number of aromatic nitrogens is 4. The molecule has 2 aromatic heterocycles. The molecule has 1 atom stereocenters. The van der Waals surface area contributed by atoms with E-state index in [4.69, 9.17) is 4.74 Å². The number of hydrogen-bond donors (Lipinski definition) is 1. The van der Waals surface area contributed by atoms with Gasteiger partial charge in [0.15, 0.2) is 0 Å². The van der Waals surface area contributed by atoms with Crippen molar-refractivity contribution >= 4 is 16.6 Å². The Morgan fingerprint density at radius 3 is 2.57 bits per heavy atom. The molecular weight excluding hydrogens is 463 g/mol. The van der Waals surface area contributed by atoms with E-state index in [1.807, 2.05) is 18.2 Å². The monoisotopic (exact) mass is 483 g/mol. The van der Waals surface area contributed by atoms with Gasteiger partial charge < -0.3 is 19.5 Å². The maximum Gasteiger partial charge on any atom is 0.388 e. The van der Waals surface area contributed by atoms with Crippen LogP contribution < -0.4 is 9.64 Å². The number of benzene rings is 2. The van der Waals surface area contributed by atoms with Crippen LogP contribution >= 0.6 is 0 Å². The molecule has 0 aliphatic carbocycles. The van der Waals surface area contributed by atoms with E-state index in [1.54, 1.807) is 0 Å². The molecule has 4 aromatic rings. The summed E-state index contributed by atoms with van der Waals surface area (Å²) in [6.07, 6.45) is 2.27. The molecule has 1 N–H and O–H groups in total. The van der Waals surface area contributed by atoms with E-state index in [2.05, 4.69) is 29.6 Å². The van der Waals surface area contributed by atoms with Crippen molar-refractivity contribution in [3.63, 3.8) is 0 Å². The van der Waals surface area contributed by atoms with Gasteiger partial charge in [0.2, 0.25) is 5.88 Å². The van der Waals surface area contributed by atoms with Gasteiger partial charge in [0.25, 0.3) is 0 Å². The minimum absolute atomic E-state index is 0.119. The molecule has 0 amide bonds. The second kappa shape index (κ2) is 9.80. The molecule has 180 valence electrons. The second-order valence-corrected chi connectivity index (χ2v) is 7.79. The Balaban J connectivity index is 1.53. The first kappa shape index (κ1) is 22.9. The van der Waals surface area contributed by atoms with E-state index in [-0.39, 0.29) is 16.8 Å². The molecule has 1 aliphatic heterocycles. The number of fused-ring (bicyclic) bond motifs is 1. The van der Waals surface area contributed by atoms with Gasteiger partial charge in [-0.25, -0.2) is 19.3 Å². The number of ether oxygens (including phenoxy) is 2. The maximum absolute atomic E-state index is 15.0. The van der Waals surface area contributed by atoms with Gasteiger partial charge in [0.05, 0.1) is 24.4 Å². The van der Waals surface area contributed by atoms with Crippen LogP contribution in [0.3, 0.4) is 0 Å². The average Bonchev–Trinajstić information content (AvgIpc) is 2.88. The number of morpholine rings is 1. The van der Waals surface area contributed by atoms with Gasteiger partial charge >= 0.3 is 6.61 Å². The molecule has 1 fully saturated rings. The quantitative estimate of drug-likeness (QED) is 0.443. The molecule has 1 aliphatic rings. The van der Waals surface area contributed by atoms with E-state index < -0.39 is 24.4 Å². The van der Waals surface area contributed by atoms with Crippen molar-refractivity contribution in [3.05, 3.63) is 72.2 Å². The topological polar surface area (TPSA) is 93.5 Å². The molecule has 3 heterocycles. The van der Waals surface area contributed by atoms with Crippen LogP contribution in [0.5, 0.6) is 5.88 Å². The highest BCUT2D eigenvalue weighted by atomic mass is 19.3. The molecule has 1 unspecified atom stereocenters. The molecule has 11 heteroatoms. The Bertz CT molecular complexity index is 1350. The number of rotatable bonds is 6. The zero-order chi connectivity index (χ0) is 24.4. The van der Waals surface area contributed by atoms with E-state index in [9.17, 15) is 18.3 Å². The number of halogens is 3. The van der Waals surface area contributed by atoms with Crippen molar-refractivity contribution in [2.45, 2.75) is 12.7 Å². The van der Waals surface area contributed by atoms with Gasteiger partial charge in [-0.05, 0) is 35.9 Å². The van der Waals surface area contributed by atoms with Crippen LogP contribution in [0.1, 0.15) is 17.4 Å². The summed E-state index contributed by atoms with van der Waals surface area (Å²) >= 11 is 0. The van der Waals surface area contributed by atoms with Gasteiger partial charge in [-0.3, -0.25) is 4.98 Å². The van der Waals surface area contributed by atoms with Crippen molar-refractivity contribution in [3.8, 4) is 17.1 Å². The van der Waals surface area contributed by atoms with Crippen LogP contribution in [-0.2, 0) is 4.74 Å². The second-order valence-electron chi connectivity index (χ2n) is 7.79. The summed E-state index contributed by atoms with van der Waals surface area (Å²) in [6.45, 7) is -0.335. The normalized spacial score (nSPS) is 14.9. The third-order valence-corrected chi connectivity index (χ3v) is 5.71. The van der Waals surface area contributed by atoms with Gasteiger partial charge in [0.1, 0.15) is 23.9 Å². The minimum Gasteiger partial charge on any atom is -0.415 e. The molecule has 2 aromatic carbocycles. The number of aliphatic hydroxyl groups is 1. The number of hydrogen-bond acceptors (Lipinski definition) is 8. The van der Waals surface area contributed by atoms with Crippen LogP contribution in [0.2, 0.25) is 0 Å². The van der Waals surface area contributed by atoms with Crippen molar-refractivity contribution in [2.75, 3.05) is 31.2 Å². The molecule has 8 nitrogen and oxygen atoms in total. The smallest absolute Gasteiger partial charge is 0.388 e. The van der Waals surface area contributed by atoms with E-state index in [0.717, 1.165) is 18.8 Å². The molecule has 0 saturated carbocycles. The largest absolute Gasteiger partial charge is 0.415 e. The minimum atomic E-state index is -3.14. The number of anilines is 1. The summed E-state index contributed by atoms with van der Waals surface area (Å²) in [5.74, 6) is -1.08. The van der Waals surface area contributed by atoms with E-state index in [1.165, 1.54) is 36.9 Å². The Kier molecular flexibility index (Phi) is 6.43. The van der Waals surface area contributed by atoms with Crippen LogP contribution in [0.4, 0.5) is 18.9 Å². The lowest BCUT2D eigenvalue weighted by atomic mass is 9.99. The predicted octanol–water partition coefficient (Wildman–Crippen LogP) is 3.75. The van der Waals surface area contributed by atoms with Crippen LogP contribution in [0.15, 0.2) is 55.1 Å². The Morgan fingerprint density at radius 1 is 0.971 bits per heavy atom. The van der Waals surface area contributed by atoms with Gasteiger partial charge in [-0.15, -0.1) is 0 Å². The molecule has 0 radical (unpaired) electrons. The summed E-state index contributed by atoms with van der Waals surface area (Å²) < 4.78 is 50.2. The number of aliphatic hydroxyl groups excluding tert-OH is 1. The van der Waals surface area contributed by atoms with Crippen LogP contribution in [-0.4, -0.2) is 58.0 Å². The Morgan fingerprint density at radius 2 is 1.77 bits per heavy atom. The first-order chi connectivity index (χ1) is 17.0. The third kappa shape index (κ3) is 4.73. The highest BCUT2D eigenvalue weighted by molar-refractivity contribution is 5.94. The Hall–Kier alpha value is -3.83. The molecule has 35 heavy (non-hydrogen) atoms. The average molecular weight is 483 g/mol. The fourth-order valence-electron chi connectivity index (χ4n) is 4.03. The first-order valence-corrected chi connectivity index (χ1v) is 10.8. The molecule has 5 rings (SSSR count). The molecule has 0 spiro atoms. The van der Waals surface area contributed by atoms with Gasteiger partial charge in [-0.1, -0.05) is 6.07 Å². The molecular formula is C24H20F3N5O3. The van der Waals surface area contributed by atoms with E-state index in [0.29, 0.717) is 29.8 Å². The summed E-state index contributed by atoms with van der Waals surface area (Å²) in [5, 5.41) is 11.5. The van der Waals surface area contributed by atoms with E-state index >= 15 is 0 Å². The summed E-state index contributed by atoms with van der Waals surface area (Å²) in [6, 6.07) is 9.58. The van der Waals surface area contributed by atoms with Crippen molar-refractivity contribution in [2.24, 2.45) is 0 Å². The zero-order valence-corrected chi connectivity index (χ0v) is 18.3. The standard InChI is InChI=1S/C24H20F3N5O3/c25-18-4-1-14(22(33)21-23(35-24(26)27)29-6-5-28-21)11-17(18)20-16-3-2-15(12-19(16)30-13-31-20)32-7-9-34-10-8-32/h1-6,11-13,22,24,33H,7-10H2. The Labute approximate surface area is 198 Å². The zero-order valence-electron chi connectivity index (χ0n) is 18.3. The molecule has 1 saturated heterocycles. The van der Waals surface area contributed by atoms with Gasteiger partial charge in [0, 0.05) is 42.1 Å². The summed E-state index contributed by atoms with van der Waals surface area (Å²) in [7, 11) is 0. The van der Waals surface area contributed by atoms with Crippen LogP contribution in [0.25, 0.3) is 22.2 Å². The predicted molar refractivity (Wildman–Crippen MR) is 121 cm³/mol. The fraction of sp³-hybridized carbons (Fsp3) is 0.250. The van der Waals surface area contributed by atoms with Crippen molar-refractivity contribution < 1.29 is 27.8 Å². The highest BCUT2D eigenvalue weighted by Crippen LogP contribution is 2.34. The van der Waals surface area contributed by atoms with Crippen molar-refractivity contribution in [1.29, 1.82) is 0 Å². The third-order valence-electron chi connectivity index (χ3n) is 5.71. The summed E-state index contributed by atoms with van der Waals surface area (Å²) in [5.41, 5.74) is 2.05. The van der Waals surface area contributed by atoms with Crippen LogP contribution in [0, 0.1) is 5.82 Å². The molecule has 0 bridgehead atoms.